The number of nitrogens with zero attached hydrogens (tertiary/aromatic N) is 6. The molecule has 0 saturated carbocycles. The number of carbonyl (C=O) groups excluding carboxylic acids is 1. The van der Waals surface area contributed by atoms with Gasteiger partial charge < -0.3 is 9.72 Å². The summed E-state index contributed by atoms with van der Waals surface area (Å²) in [7, 11) is 0. The van der Waals surface area contributed by atoms with Crippen LogP contribution in [-0.2, 0) is 6.54 Å². The van der Waals surface area contributed by atoms with Crippen molar-refractivity contribution in [2.45, 2.75) is 13.5 Å². The van der Waals surface area contributed by atoms with Crippen LogP contribution in [-0.4, -0.2) is 34.9 Å². The maximum absolute atomic E-state index is 14.2. The monoisotopic (exact) mass is 443 g/mol. The number of imidazole rings is 1. The number of anilines is 1. The fraction of sp³-hybridized carbons (Fsp3) is 0.0870. The van der Waals surface area contributed by atoms with Gasteiger partial charge in [0, 0.05) is 30.4 Å². The van der Waals surface area contributed by atoms with Crippen LogP contribution in [0.2, 0.25) is 0 Å². The Morgan fingerprint density at radius 3 is 2.76 bits per heavy atom. The van der Waals surface area contributed by atoms with Gasteiger partial charge in [0.2, 0.25) is 5.43 Å². The van der Waals surface area contributed by atoms with E-state index in [1.54, 1.807) is 29.9 Å². The molecule has 1 aromatic carbocycles. The van der Waals surface area contributed by atoms with Crippen molar-refractivity contribution < 1.29 is 9.18 Å². The minimum absolute atomic E-state index is 0.143. The Balaban J connectivity index is 1.37. The molecule has 5 aromatic rings. The molecule has 5 rings (SSSR count). The minimum atomic E-state index is -0.711. The van der Waals surface area contributed by atoms with E-state index in [1.165, 1.54) is 29.1 Å². The fourth-order valence-corrected chi connectivity index (χ4v) is 3.51. The van der Waals surface area contributed by atoms with Gasteiger partial charge in [-0.1, -0.05) is 18.2 Å². The summed E-state index contributed by atoms with van der Waals surface area (Å²) in [6, 6.07) is 13.0. The van der Waals surface area contributed by atoms with Gasteiger partial charge in [-0.2, -0.15) is 10.2 Å². The van der Waals surface area contributed by atoms with E-state index in [4.69, 9.17) is 0 Å². The van der Waals surface area contributed by atoms with Gasteiger partial charge in [0.05, 0.1) is 24.1 Å². The van der Waals surface area contributed by atoms with Crippen molar-refractivity contribution in [3.63, 3.8) is 0 Å². The van der Waals surface area contributed by atoms with Crippen LogP contribution in [0.25, 0.3) is 11.3 Å². The summed E-state index contributed by atoms with van der Waals surface area (Å²) in [6.07, 6.45) is 6.91. The predicted molar refractivity (Wildman–Crippen MR) is 119 cm³/mol. The molecule has 0 aliphatic rings. The lowest BCUT2D eigenvalue weighted by Crippen LogP contribution is -2.27. The van der Waals surface area contributed by atoms with Gasteiger partial charge in [0.25, 0.3) is 5.91 Å². The summed E-state index contributed by atoms with van der Waals surface area (Å²) in [6.45, 7) is 2.02. The second-order valence-corrected chi connectivity index (χ2v) is 7.44. The number of benzene rings is 1. The van der Waals surface area contributed by atoms with Crippen molar-refractivity contribution >= 4 is 17.2 Å². The van der Waals surface area contributed by atoms with Crippen LogP contribution in [0.4, 0.5) is 10.1 Å². The predicted octanol–water partition coefficient (Wildman–Crippen LogP) is 2.82. The second-order valence-electron chi connectivity index (χ2n) is 7.44. The number of fused-ring (bicyclic) bond motifs is 1. The van der Waals surface area contributed by atoms with Crippen molar-refractivity contribution in [3.05, 3.63) is 106 Å². The zero-order valence-electron chi connectivity index (χ0n) is 17.5. The first kappa shape index (κ1) is 20.3. The number of nitrogens with one attached hydrogen (secondary N) is 1. The zero-order valence-corrected chi connectivity index (χ0v) is 17.5. The number of amides is 1. The number of para-hydroxylation sites is 1. The summed E-state index contributed by atoms with van der Waals surface area (Å²) in [5.74, 6) is -1.23. The van der Waals surface area contributed by atoms with Crippen LogP contribution in [0.3, 0.4) is 0 Å². The molecule has 1 amide bonds. The molecule has 164 valence electrons. The number of pyridine rings is 1. The topological polar surface area (TPSA) is 99.1 Å². The highest BCUT2D eigenvalue weighted by Crippen LogP contribution is 2.14. The van der Waals surface area contributed by atoms with Gasteiger partial charge >= 0.3 is 0 Å². The summed E-state index contributed by atoms with van der Waals surface area (Å²) in [5, 5.41) is 11.0. The van der Waals surface area contributed by atoms with Gasteiger partial charge in [-0.3, -0.25) is 14.3 Å². The normalized spacial score (nSPS) is 11.1. The maximum Gasteiger partial charge on any atom is 0.280 e. The lowest BCUT2D eigenvalue weighted by molar-refractivity contribution is 0.101. The Morgan fingerprint density at radius 1 is 1.12 bits per heavy atom. The average molecular weight is 443 g/mol. The maximum atomic E-state index is 14.2. The molecule has 0 spiro atoms. The molecule has 9 nitrogen and oxygen atoms in total. The molecule has 0 aliphatic heterocycles. The number of hydrogen-bond donors (Lipinski definition) is 1. The highest BCUT2D eigenvalue weighted by atomic mass is 19.1. The first-order chi connectivity index (χ1) is 16.0. The van der Waals surface area contributed by atoms with Crippen LogP contribution >= 0.6 is 0 Å². The fourth-order valence-electron chi connectivity index (χ4n) is 3.51. The Bertz CT molecular complexity index is 1520. The van der Waals surface area contributed by atoms with Crippen molar-refractivity contribution in [2.75, 3.05) is 5.32 Å². The van der Waals surface area contributed by atoms with Crippen molar-refractivity contribution in [2.24, 2.45) is 0 Å². The van der Waals surface area contributed by atoms with E-state index in [-0.39, 0.29) is 11.4 Å². The Kier molecular flexibility index (Phi) is 5.02. The molecule has 0 radical (unpaired) electrons. The number of hydrogen-bond acceptors (Lipinski definition) is 5. The second kappa shape index (κ2) is 8.15. The van der Waals surface area contributed by atoms with Crippen LogP contribution in [0.1, 0.15) is 21.9 Å². The SMILES string of the molecule is Cc1cc(=O)c(C(=O)Nc2cnn(Cc3cn4ccccc4n3)c2)nn1-c1ccccc1F. The first-order valence-corrected chi connectivity index (χ1v) is 10.1. The molecule has 0 fully saturated rings. The summed E-state index contributed by atoms with van der Waals surface area (Å²) < 4.78 is 19.0. The smallest absolute Gasteiger partial charge is 0.280 e. The van der Waals surface area contributed by atoms with Crippen molar-refractivity contribution in [3.8, 4) is 5.69 Å². The third kappa shape index (κ3) is 4.01. The Morgan fingerprint density at radius 2 is 1.94 bits per heavy atom. The van der Waals surface area contributed by atoms with E-state index in [1.807, 2.05) is 35.0 Å². The van der Waals surface area contributed by atoms with Gasteiger partial charge in [-0.05, 0) is 31.2 Å². The van der Waals surface area contributed by atoms with Gasteiger partial charge in [0.1, 0.15) is 17.2 Å². The third-order valence-corrected chi connectivity index (χ3v) is 5.03. The number of halogens is 1. The van der Waals surface area contributed by atoms with E-state index < -0.39 is 17.2 Å². The molecular formula is C23H18FN7O2. The third-order valence-electron chi connectivity index (χ3n) is 5.03. The zero-order chi connectivity index (χ0) is 22.9. The molecule has 1 N–H and O–H groups in total. The highest BCUT2D eigenvalue weighted by Gasteiger charge is 2.17. The van der Waals surface area contributed by atoms with E-state index in [0.717, 1.165) is 11.3 Å². The van der Waals surface area contributed by atoms with Crippen molar-refractivity contribution in [1.29, 1.82) is 0 Å². The van der Waals surface area contributed by atoms with Crippen LogP contribution < -0.4 is 10.7 Å². The first-order valence-electron chi connectivity index (χ1n) is 10.1. The van der Waals surface area contributed by atoms with Gasteiger partial charge in [0.15, 0.2) is 5.69 Å². The van der Waals surface area contributed by atoms with Crippen LogP contribution in [0.5, 0.6) is 0 Å². The molecule has 0 atom stereocenters. The summed E-state index contributed by atoms with van der Waals surface area (Å²) in [4.78, 5) is 29.7. The van der Waals surface area contributed by atoms with E-state index >= 15 is 0 Å². The molecule has 0 saturated heterocycles. The highest BCUT2D eigenvalue weighted by molar-refractivity contribution is 6.02. The number of carbonyl (C=O) groups is 1. The number of aryl methyl sites for hydroxylation is 1. The molecule has 0 bridgehead atoms. The molecule has 4 heterocycles. The van der Waals surface area contributed by atoms with Crippen LogP contribution in [0, 0.1) is 12.7 Å². The summed E-state index contributed by atoms with van der Waals surface area (Å²) >= 11 is 0. The Labute approximate surface area is 186 Å². The van der Waals surface area contributed by atoms with Gasteiger partial charge in [-0.25, -0.2) is 14.1 Å². The van der Waals surface area contributed by atoms with Crippen molar-refractivity contribution in [1.82, 2.24) is 28.9 Å². The largest absolute Gasteiger partial charge is 0.318 e. The van der Waals surface area contributed by atoms with E-state index in [9.17, 15) is 14.0 Å². The molecule has 10 heteroatoms. The van der Waals surface area contributed by atoms with E-state index in [0.29, 0.717) is 17.9 Å². The molecular weight excluding hydrogens is 425 g/mol. The molecule has 0 aliphatic carbocycles. The van der Waals surface area contributed by atoms with Gasteiger partial charge in [-0.15, -0.1) is 0 Å². The number of aromatic nitrogens is 6. The van der Waals surface area contributed by atoms with E-state index in [2.05, 4.69) is 20.5 Å². The molecule has 33 heavy (non-hydrogen) atoms. The standard InChI is InChI=1S/C23H18FN7O2/c1-15-10-20(32)22(28-31(15)19-7-3-2-6-18(19)24)23(33)27-16-11-25-30(13-16)14-17-12-29-9-5-4-8-21(29)26-17/h2-13H,14H2,1H3,(H,27,33). The van der Waals surface area contributed by atoms with Crippen LogP contribution in [0.15, 0.2) is 78.1 Å². The molecule has 0 unspecified atom stereocenters. The lowest BCUT2D eigenvalue weighted by atomic mass is 10.2. The quantitative estimate of drug-likeness (QED) is 0.450. The minimum Gasteiger partial charge on any atom is -0.318 e. The Hall–Kier alpha value is -4.60. The summed E-state index contributed by atoms with van der Waals surface area (Å²) in [5.41, 5.74) is 1.65. The number of rotatable bonds is 5. The lowest BCUT2D eigenvalue weighted by Gasteiger charge is -2.11. The average Bonchev–Trinajstić information content (AvgIpc) is 3.40. The molecule has 4 aromatic heterocycles.